The molecule has 3 aliphatic rings. The number of hydrazine groups is 1. The highest BCUT2D eigenvalue weighted by Crippen LogP contribution is 2.47. The Morgan fingerprint density at radius 1 is 1.18 bits per heavy atom. The van der Waals surface area contributed by atoms with Crippen LogP contribution in [-0.4, -0.2) is 63.6 Å². The lowest BCUT2D eigenvalue weighted by atomic mass is 9.92. The lowest BCUT2D eigenvalue weighted by molar-refractivity contribution is -0.224. The maximum atomic E-state index is 14.0. The summed E-state index contributed by atoms with van der Waals surface area (Å²) in [5.74, 6) is -1.80. The topological polar surface area (TPSA) is 70.2 Å². The average molecular weight is 580 g/mol. The van der Waals surface area contributed by atoms with E-state index in [0.29, 0.717) is 21.2 Å². The number of benzene rings is 2. The van der Waals surface area contributed by atoms with Crippen LogP contribution in [0.1, 0.15) is 43.0 Å². The summed E-state index contributed by atoms with van der Waals surface area (Å²) in [6.45, 7) is 1.98. The molecule has 0 N–H and O–H groups in total. The molecule has 3 aliphatic heterocycles. The van der Waals surface area contributed by atoms with E-state index in [2.05, 4.69) is 0 Å². The number of amides is 1. The molecular weight excluding hydrogens is 555 g/mol. The molecule has 1 saturated heterocycles. The lowest BCUT2D eigenvalue weighted by Gasteiger charge is -2.54. The van der Waals surface area contributed by atoms with Crippen LogP contribution in [0.25, 0.3) is 0 Å². The van der Waals surface area contributed by atoms with Gasteiger partial charge in [0.1, 0.15) is 6.04 Å². The van der Waals surface area contributed by atoms with Gasteiger partial charge < -0.3 is 9.64 Å². The lowest BCUT2D eigenvalue weighted by Crippen LogP contribution is -2.71. The summed E-state index contributed by atoms with van der Waals surface area (Å²) >= 11 is 8.33. The molecule has 0 aliphatic carbocycles. The van der Waals surface area contributed by atoms with Crippen molar-refractivity contribution < 1.29 is 32.3 Å². The number of thioether (sulfide) groups is 1. The Balaban J connectivity index is 1.72. The molecule has 3 heterocycles. The van der Waals surface area contributed by atoms with Crippen molar-refractivity contribution in [2.45, 2.75) is 61.3 Å². The number of hydrogen-bond donors (Lipinski definition) is 0. The highest BCUT2D eigenvalue weighted by atomic mass is 35.5. The van der Waals surface area contributed by atoms with Crippen molar-refractivity contribution in [3.63, 3.8) is 0 Å². The van der Waals surface area contributed by atoms with E-state index < -0.39 is 54.7 Å². The SMILES string of the molecule is CCC(=O)OC1C(=O)C=CN2C1C(=O)N([C@H](C)C(F)(F)F)CN2[C@@H]1c2ccccc2SCc2cccc(Cl)c21. The molecule has 12 heteroatoms. The molecule has 39 heavy (non-hydrogen) atoms. The van der Waals surface area contributed by atoms with Crippen LogP contribution in [0.3, 0.4) is 0 Å². The van der Waals surface area contributed by atoms with E-state index in [1.165, 1.54) is 24.2 Å². The highest BCUT2D eigenvalue weighted by Gasteiger charge is 2.55. The summed E-state index contributed by atoms with van der Waals surface area (Å²) in [5.41, 5.74) is 2.37. The first kappa shape index (κ1) is 27.5. The first-order chi connectivity index (χ1) is 18.5. The Morgan fingerprint density at radius 3 is 2.64 bits per heavy atom. The summed E-state index contributed by atoms with van der Waals surface area (Å²) in [4.78, 5) is 40.4. The Hall–Kier alpha value is -3.02. The van der Waals surface area contributed by atoms with E-state index in [1.54, 1.807) is 22.8 Å². The van der Waals surface area contributed by atoms with E-state index >= 15 is 0 Å². The fourth-order valence-electron chi connectivity index (χ4n) is 5.11. The van der Waals surface area contributed by atoms with Crippen LogP contribution in [0, 0.1) is 0 Å². The minimum Gasteiger partial charge on any atom is -0.451 e. The van der Waals surface area contributed by atoms with Crippen LogP contribution < -0.4 is 0 Å². The summed E-state index contributed by atoms with van der Waals surface area (Å²) in [7, 11) is 0. The van der Waals surface area contributed by atoms with E-state index in [9.17, 15) is 27.6 Å². The predicted molar refractivity (Wildman–Crippen MR) is 138 cm³/mol. The molecule has 0 spiro atoms. The zero-order valence-corrected chi connectivity index (χ0v) is 22.6. The smallest absolute Gasteiger partial charge is 0.408 e. The van der Waals surface area contributed by atoms with Gasteiger partial charge in [-0.25, -0.2) is 0 Å². The van der Waals surface area contributed by atoms with Crippen molar-refractivity contribution in [3.05, 3.63) is 76.5 Å². The van der Waals surface area contributed by atoms with Crippen LogP contribution in [-0.2, 0) is 24.9 Å². The minimum atomic E-state index is -4.74. The molecule has 0 saturated carbocycles. The average Bonchev–Trinajstić information content (AvgIpc) is 3.07. The summed E-state index contributed by atoms with van der Waals surface area (Å²) in [5, 5.41) is 3.46. The van der Waals surface area contributed by atoms with E-state index in [-0.39, 0.29) is 6.42 Å². The second-order valence-corrected chi connectivity index (χ2v) is 10.9. The quantitative estimate of drug-likeness (QED) is 0.467. The van der Waals surface area contributed by atoms with Gasteiger partial charge in [0, 0.05) is 34.4 Å². The number of hydrogen-bond acceptors (Lipinski definition) is 7. The summed E-state index contributed by atoms with van der Waals surface area (Å²) in [6.07, 6.45) is -3.87. The molecule has 206 valence electrons. The second-order valence-electron chi connectivity index (χ2n) is 9.46. The van der Waals surface area contributed by atoms with Crippen molar-refractivity contribution in [3.8, 4) is 0 Å². The molecule has 0 aromatic heterocycles. The van der Waals surface area contributed by atoms with E-state index in [4.69, 9.17) is 16.3 Å². The number of ether oxygens (including phenoxy) is 1. The molecule has 5 rings (SSSR count). The molecule has 2 unspecified atom stereocenters. The third kappa shape index (κ3) is 4.92. The molecule has 1 amide bonds. The third-order valence-electron chi connectivity index (χ3n) is 7.17. The van der Waals surface area contributed by atoms with Gasteiger partial charge in [-0.3, -0.25) is 19.4 Å². The molecule has 7 nitrogen and oxygen atoms in total. The Kier molecular flexibility index (Phi) is 7.43. The second kappa shape index (κ2) is 10.5. The van der Waals surface area contributed by atoms with Crippen LogP contribution in [0.15, 0.2) is 59.6 Å². The van der Waals surface area contributed by atoms with Gasteiger partial charge in [0.05, 0.1) is 12.7 Å². The van der Waals surface area contributed by atoms with Gasteiger partial charge in [-0.1, -0.05) is 48.9 Å². The van der Waals surface area contributed by atoms with E-state index in [0.717, 1.165) is 22.9 Å². The molecule has 0 bridgehead atoms. The predicted octanol–water partition coefficient (Wildman–Crippen LogP) is 5.09. The highest BCUT2D eigenvalue weighted by molar-refractivity contribution is 7.98. The van der Waals surface area contributed by atoms with Crippen molar-refractivity contribution >= 4 is 41.0 Å². The number of halogens is 4. The van der Waals surface area contributed by atoms with Gasteiger partial charge in [0.15, 0.2) is 12.1 Å². The number of esters is 1. The molecule has 2 aromatic rings. The number of alkyl halides is 3. The molecule has 0 radical (unpaired) electrons. The standard InChI is InChI=1S/C27H25ClF3N3O4S/c1-3-21(36)38-25-19(35)11-12-33-24(25)26(37)32(15(2)27(29,30)31)14-34(33)23-17-8-4-5-10-20(17)39-13-16-7-6-9-18(28)22(16)23/h4-12,15,23-25H,3,13-14H2,1-2H3/t15-,23-,24?,25?/m1/s1. The van der Waals surface area contributed by atoms with Gasteiger partial charge in [0.2, 0.25) is 5.78 Å². The van der Waals surface area contributed by atoms with Crippen LogP contribution in [0.4, 0.5) is 13.2 Å². The fraction of sp³-hybridized carbons (Fsp3) is 0.370. The minimum absolute atomic E-state index is 0.0724. The monoisotopic (exact) mass is 579 g/mol. The Bertz CT molecular complexity index is 1350. The van der Waals surface area contributed by atoms with Gasteiger partial charge in [-0.2, -0.15) is 18.2 Å². The van der Waals surface area contributed by atoms with E-state index in [1.807, 2.05) is 36.4 Å². The first-order valence-electron chi connectivity index (χ1n) is 12.4. The normalized spacial score (nSPS) is 24.0. The largest absolute Gasteiger partial charge is 0.451 e. The van der Waals surface area contributed by atoms with Gasteiger partial charge in [-0.15, -0.1) is 11.8 Å². The summed E-state index contributed by atoms with van der Waals surface area (Å²) in [6, 6.07) is 8.56. The molecule has 2 aromatic carbocycles. The number of carbonyl (C=O) groups excluding carboxylic acids is 3. The van der Waals surface area contributed by atoms with Crippen molar-refractivity contribution in [1.29, 1.82) is 0 Å². The third-order valence-corrected chi connectivity index (χ3v) is 8.64. The maximum absolute atomic E-state index is 14.0. The van der Waals surface area contributed by atoms with Gasteiger partial charge >= 0.3 is 12.1 Å². The van der Waals surface area contributed by atoms with Gasteiger partial charge in [-0.05, 0) is 35.7 Å². The molecular formula is C27H25ClF3N3O4S. The number of carbonyl (C=O) groups is 3. The number of ketones is 1. The summed E-state index contributed by atoms with van der Waals surface area (Å²) < 4.78 is 47.5. The van der Waals surface area contributed by atoms with Crippen molar-refractivity contribution in [2.75, 3.05) is 6.67 Å². The Labute approximate surface area is 232 Å². The zero-order valence-electron chi connectivity index (χ0n) is 21.0. The van der Waals surface area contributed by atoms with Crippen LogP contribution >= 0.6 is 23.4 Å². The maximum Gasteiger partial charge on any atom is 0.408 e. The first-order valence-corrected chi connectivity index (χ1v) is 13.7. The van der Waals surface area contributed by atoms with Crippen LogP contribution in [0.5, 0.6) is 0 Å². The van der Waals surface area contributed by atoms with Crippen molar-refractivity contribution in [1.82, 2.24) is 14.9 Å². The van der Waals surface area contributed by atoms with Gasteiger partial charge in [0.25, 0.3) is 5.91 Å². The fourth-order valence-corrected chi connectivity index (χ4v) is 6.49. The number of rotatable bonds is 4. The Morgan fingerprint density at radius 2 is 1.92 bits per heavy atom. The molecule has 4 atom stereocenters. The number of nitrogens with zero attached hydrogens (tertiary/aromatic N) is 3. The number of fused-ring (bicyclic) bond motifs is 3. The van der Waals surface area contributed by atoms with Crippen LogP contribution in [0.2, 0.25) is 5.02 Å². The molecule has 1 fully saturated rings. The van der Waals surface area contributed by atoms with Crippen molar-refractivity contribution in [2.24, 2.45) is 0 Å². The zero-order chi connectivity index (χ0) is 28.1.